The number of hydrogen-bond donors (Lipinski definition) is 0. The van der Waals surface area contributed by atoms with E-state index >= 15 is 0 Å². The third-order valence-electron chi connectivity index (χ3n) is 8.47. The van der Waals surface area contributed by atoms with Crippen molar-refractivity contribution in [1.82, 2.24) is 0 Å². The van der Waals surface area contributed by atoms with Gasteiger partial charge in [0.1, 0.15) is 11.5 Å². The number of benzene rings is 2. The van der Waals surface area contributed by atoms with Gasteiger partial charge in [-0.3, -0.25) is 0 Å². The van der Waals surface area contributed by atoms with Crippen LogP contribution in [0.1, 0.15) is 81.5 Å². The largest absolute Gasteiger partial charge is 0.495 e. The first-order valence-corrected chi connectivity index (χ1v) is 22.1. The Labute approximate surface area is 300 Å². The zero-order valence-electron chi connectivity index (χ0n) is 26.4. The van der Waals surface area contributed by atoms with Crippen molar-refractivity contribution in [2.24, 2.45) is 0 Å². The fourth-order valence-electron chi connectivity index (χ4n) is 6.06. The minimum absolute atomic E-state index is 0.121. The number of hydrogen-bond acceptors (Lipinski definition) is 8. The molecule has 3 heterocycles. The zero-order chi connectivity index (χ0) is 31.4. The predicted molar refractivity (Wildman–Crippen MR) is 209 cm³/mol. The molecule has 0 bridgehead atoms. The average Bonchev–Trinajstić information content (AvgIpc) is 3.01. The summed E-state index contributed by atoms with van der Waals surface area (Å²) in [4.78, 5) is 0. The van der Waals surface area contributed by atoms with Crippen LogP contribution in [0.2, 0.25) is 10.0 Å². The first-order chi connectivity index (χ1) is 21.1. The number of rotatable bonds is 10. The van der Waals surface area contributed by atoms with Gasteiger partial charge in [-0.2, -0.15) is 0 Å². The van der Waals surface area contributed by atoms with E-state index in [1.807, 2.05) is 47.0 Å². The summed E-state index contributed by atoms with van der Waals surface area (Å²) < 4.78 is 12.0. The summed E-state index contributed by atoms with van der Waals surface area (Å²) in [5, 5.41) is 1.32. The lowest BCUT2D eigenvalue weighted by atomic mass is 9.92. The molecule has 5 rings (SSSR count). The summed E-state index contributed by atoms with van der Waals surface area (Å²) >= 11 is 26.4. The van der Waals surface area contributed by atoms with Gasteiger partial charge >= 0.3 is 0 Å². The molecule has 3 aliphatic rings. The lowest BCUT2D eigenvalue weighted by molar-refractivity contribution is 0.409. The number of halogens is 2. The molecule has 0 spiro atoms. The van der Waals surface area contributed by atoms with Crippen LogP contribution in [-0.2, 0) is 8.16 Å². The van der Waals surface area contributed by atoms with Crippen molar-refractivity contribution in [2.45, 2.75) is 71.5 Å². The Hall–Kier alpha value is 0.460. The van der Waals surface area contributed by atoms with Gasteiger partial charge in [0.05, 0.1) is 36.5 Å². The molecule has 2 aromatic carbocycles. The number of methoxy groups -OCH3 is 2. The van der Waals surface area contributed by atoms with Crippen molar-refractivity contribution in [3.63, 3.8) is 0 Å². The van der Waals surface area contributed by atoms with Crippen LogP contribution in [0, 0.1) is 0 Å². The van der Waals surface area contributed by atoms with Gasteiger partial charge in [-0.15, -0.1) is 70.6 Å². The van der Waals surface area contributed by atoms with Gasteiger partial charge in [0.15, 0.2) is 0 Å². The Morgan fingerprint density at radius 2 is 1.09 bits per heavy atom. The number of thioether (sulfide) groups is 6. The summed E-state index contributed by atoms with van der Waals surface area (Å²) in [6.07, 6.45) is 9.53. The molecule has 242 valence electrons. The summed E-state index contributed by atoms with van der Waals surface area (Å²) in [6, 6.07) is 8.85. The lowest BCUT2D eigenvalue weighted by Crippen LogP contribution is -2.20. The number of allylic oxidation sites excluding steroid dienone is 1. The second-order valence-electron chi connectivity index (χ2n) is 11.8. The van der Waals surface area contributed by atoms with Crippen molar-refractivity contribution in [3.8, 4) is 11.5 Å². The van der Waals surface area contributed by atoms with Gasteiger partial charge in [0, 0.05) is 11.1 Å². The highest BCUT2D eigenvalue weighted by Crippen LogP contribution is 2.56. The topological polar surface area (TPSA) is 18.5 Å². The maximum Gasteiger partial charge on any atom is 0.142 e. The van der Waals surface area contributed by atoms with Gasteiger partial charge in [-0.25, -0.2) is 0 Å². The molecule has 2 aromatic rings. The minimum atomic E-state index is -0.121. The maximum absolute atomic E-state index is 7.05. The zero-order valence-corrected chi connectivity index (χ0v) is 32.8. The van der Waals surface area contributed by atoms with Crippen LogP contribution >= 0.6 is 93.8 Å². The number of unbranched alkanes of at least 4 members (excludes halogenated alkanes) is 1. The van der Waals surface area contributed by atoms with E-state index in [4.69, 9.17) is 32.7 Å². The Kier molecular flexibility index (Phi) is 12.8. The molecule has 0 aromatic heterocycles. The molecule has 2 nitrogen and oxygen atoms in total. The molecular weight excluding hydrogens is 704 g/mol. The van der Waals surface area contributed by atoms with Gasteiger partial charge in [-0.05, 0) is 135 Å². The Bertz CT molecular complexity index is 1250. The smallest absolute Gasteiger partial charge is 0.142 e. The van der Waals surface area contributed by atoms with Crippen molar-refractivity contribution in [3.05, 3.63) is 62.6 Å². The highest BCUT2D eigenvalue weighted by molar-refractivity contribution is 8.19. The van der Waals surface area contributed by atoms with Crippen LogP contribution in [0.3, 0.4) is 0 Å². The second-order valence-corrected chi connectivity index (χ2v) is 22.6. The van der Waals surface area contributed by atoms with Crippen molar-refractivity contribution in [2.75, 3.05) is 48.7 Å². The van der Waals surface area contributed by atoms with Crippen molar-refractivity contribution in [1.29, 1.82) is 0 Å². The van der Waals surface area contributed by atoms with Crippen LogP contribution in [0.4, 0.5) is 0 Å². The van der Waals surface area contributed by atoms with E-state index in [9.17, 15) is 0 Å². The van der Waals surface area contributed by atoms with Crippen LogP contribution in [0.5, 0.6) is 11.5 Å². The minimum Gasteiger partial charge on any atom is -0.495 e. The van der Waals surface area contributed by atoms with E-state index in [2.05, 4.69) is 74.6 Å². The van der Waals surface area contributed by atoms with E-state index in [0.29, 0.717) is 14.1 Å². The standard InChI is InChI=1S/C34H44Cl2O2S6/c1-32(39-13-8-14-40-32)12-7-6-11-25(23-19-26(30(37-4)28(35)21-23)33(2)41-15-9-16-42-33)24-20-27(31(38-5)29(36)22-24)34(3)43-17-10-18-44-34/h11,19-22H,6-10,12-18H2,1-5H3. The molecule has 3 aliphatic heterocycles. The fourth-order valence-corrected chi connectivity index (χ4v) is 15.7. The van der Waals surface area contributed by atoms with E-state index < -0.39 is 0 Å². The van der Waals surface area contributed by atoms with Crippen LogP contribution < -0.4 is 9.47 Å². The van der Waals surface area contributed by atoms with Crippen molar-refractivity contribution < 1.29 is 9.47 Å². The predicted octanol–water partition coefficient (Wildman–Crippen LogP) is 12.3. The fraction of sp³-hybridized carbons (Fsp3) is 0.588. The van der Waals surface area contributed by atoms with Gasteiger partial charge in [0.25, 0.3) is 0 Å². The monoisotopic (exact) mass is 746 g/mol. The Balaban J connectivity index is 1.60. The molecule has 0 N–H and O–H groups in total. The third kappa shape index (κ3) is 8.18. The molecule has 0 aliphatic carbocycles. The molecule has 0 saturated carbocycles. The number of ether oxygens (including phenoxy) is 2. The SMILES string of the molecule is COc1c(Cl)cc(C(=CCCCC2(C)SCCCS2)c2cc(Cl)c(OC)c(C3(C)SCCCS3)c2)cc1C1(C)SCCCS1. The normalized spacial score (nSPS) is 21.0. The lowest BCUT2D eigenvalue weighted by Gasteiger charge is -2.35. The molecular formula is C34H44Cl2O2S6. The molecule has 0 amide bonds. The van der Waals surface area contributed by atoms with Gasteiger partial charge in [0.2, 0.25) is 0 Å². The molecule has 3 fully saturated rings. The molecule has 44 heavy (non-hydrogen) atoms. The van der Waals surface area contributed by atoms with Crippen LogP contribution in [0.25, 0.3) is 5.57 Å². The summed E-state index contributed by atoms with van der Waals surface area (Å²) in [6.45, 7) is 7.07. The molecule has 0 unspecified atom stereocenters. The quantitative estimate of drug-likeness (QED) is 0.221. The maximum atomic E-state index is 7.05. The van der Waals surface area contributed by atoms with E-state index in [-0.39, 0.29) is 8.16 Å². The van der Waals surface area contributed by atoms with Crippen molar-refractivity contribution >= 4 is 99.3 Å². The highest BCUT2D eigenvalue weighted by Gasteiger charge is 2.37. The van der Waals surface area contributed by atoms with E-state index in [1.165, 1.54) is 42.8 Å². The third-order valence-corrected chi connectivity index (χ3v) is 18.8. The first-order valence-electron chi connectivity index (χ1n) is 15.4. The molecule has 10 heteroatoms. The second kappa shape index (κ2) is 15.8. The molecule has 0 atom stereocenters. The Morgan fingerprint density at radius 1 is 0.682 bits per heavy atom. The molecule has 0 radical (unpaired) electrons. The molecule has 3 saturated heterocycles. The van der Waals surface area contributed by atoms with Gasteiger partial charge in [-0.1, -0.05) is 29.3 Å². The Morgan fingerprint density at radius 3 is 1.50 bits per heavy atom. The van der Waals surface area contributed by atoms with Crippen LogP contribution in [-0.4, -0.2) is 52.8 Å². The van der Waals surface area contributed by atoms with E-state index in [0.717, 1.165) is 69.6 Å². The van der Waals surface area contributed by atoms with Gasteiger partial charge < -0.3 is 9.47 Å². The first kappa shape index (κ1) is 35.8. The summed E-state index contributed by atoms with van der Waals surface area (Å²) in [5.41, 5.74) is 5.74. The highest BCUT2D eigenvalue weighted by atomic mass is 35.5. The average molecular weight is 748 g/mol. The van der Waals surface area contributed by atoms with E-state index in [1.54, 1.807) is 14.2 Å². The summed E-state index contributed by atoms with van der Waals surface area (Å²) in [5.74, 6) is 8.66. The summed E-state index contributed by atoms with van der Waals surface area (Å²) in [7, 11) is 3.47. The van der Waals surface area contributed by atoms with Crippen LogP contribution in [0.15, 0.2) is 30.3 Å².